The van der Waals surface area contributed by atoms with Gasteiger partial charge in [0.2, 0.25) is 5.91 Å². The van der Waals surface area contributed by atoms with Crippen molar-refractivity contribution < 1.29 is 9.18 Å². The van der Waals surface area contributed by atoms with Gasteiger partial charge in [-0.1, -0.05) is 12.8 Å². The number of nitrogens with zero attached hydrogens (tertiary/aromatic N) is 2. The Kier molecular flexibility index (Phi) is 5.39. The van der Waals surface area contributed by atoms with Crippen LogP contribution in [0.15, 0.2) is 18.2 Å². The van der Waals surface area contributed by atoms with E-state index in [4.69, 9.17) is 0 Å². The van der Waals surface area contributed by atoms with Crippen LogP contribution in [0, 0.1) is 11.7 Å². The first-order chi connectivity index (χ1) is 11.5. The summed E-state index contributed by atoms with van der Waals surface area (Å²) in [7, 11) is 2.12. The van der Waals surface area contributed by atoms with E-state index in [0.29, 0.717) is 0 Å². The number of anilines is 1. The molecule has 132 valence electrons. The lowest BCUT2D eigenvalue weighted by molar-refractivity contribution is -0.125. The van der Waals surface area contributed by atoms with Crippen LogP contribution in [0.4, 0.5) is 10.1 Å². The van der Waals surface area contributed by atoms with Gasteiger partial charge in [-0.2, -0.15) is 0 Å². The van der Waals surface area contributed by atoms with Crippen molar-refractivity contribution in [2.45, 2.75) is 38.6 Å². The van der Waals surface area contributed by atoms with Gasteiger partial charge in [0.25, 0.3) is 0 Å². The zero-order chi connectivity index (χ0) is 17.1. The summed E-state index contributed by atoms with van der Waals surface area (Å²) in [6.07, 6.45) is 4.23. The van der Waals surface area contributed by atoms with Gasteiger partial charge in [-0.3, -0.25) is 4.79 Å². The molecule has 1 saturated carbocycles. The van der Waals surface area contributed by atoms with Gasteiger partial charge in [-0.15, -0.1) is 0 Å². The van der Waals surface area contributed by atoms with Crippen LogP contribution in [-0.2, 0) is 4.79 Å². The van der Waals surface area contributed by atoms with Crippen molar-refractivity contribution in [3.05, 3.63) is 29.6 Å². The van der Waals surface area contributed by atoms with Crippen molar-refractivity contribution in [3.8, 4) is 0 Å². The van der Waals surface area contributed by atoms with Crippen LogP contribution in [0.2, 0.25) is 0 Å². The third kappa shape index (κ3) is 3.89. The molecule has 2 fully saturated rings. The summed E-state index contributed by atoms with van der Waals surface area (Å²) >= 11 is 0. The monoisotopic (exact) mass is 333 g/mol. The van der Waals surface area contributed by atoms with Crippen molar-refractivity contribution in [2.75, 3.05) is 38.1 Å². The quantitative estimate of drug-likeness (QED) is 0.920. The van der Waals surface area contributed by atoms with Crippen LogP contribution in [0.1, 0.15) is 44.2 Å². The van der Waals surface area contributed by atoms with Gasteiger partial charge in [-0.25, -0.2) is 4.39 Å². The predicted molar refractivity (Wildman–Crippen MR) is 94.6 cm³/mol. The van der Waals surface area contributed by atoms with Gasteiger partial charge >= 0.3 is 0 Å². The Morgan fingerprint density at radius 3 is 2.54 bits per heavy atom. The molecule has 1 atom stereocenters. The van der Waals surface area contributed by atoms with Crippen molar-refractivity contribution in [1.29, 1.82) is 0 Å². The highest BCUT2D eigenvalue weighted by atomic mass is 19.1. The summed E-state index contributed by atoms with van der Waals surface area (Å²) in [4.78, 5) is 17.0. The SMILES string of the molecule is CC(NC(=O)C1CCCC1)c1cc(F)ccc1N1CCN(C)CC1. The summed E-state index contributed by atoms with van der Waals surface area (Å²) < 4.78 is 13.8. The molecular formula is C19H28FN3O. The van der Waals surface area contributed by atoms with E-state index in [1.54, 1.807) is 6.07 Å². The third-order valence-electron chi connectivity index (χ3n) is 5.38. The number of rotatable bonds is 4. The molecule has 24 heavy (non-hydrogen) atoms. The van der Waals surface area contributed by atoms with Crippen LogP contribution in [-0.4, -0.2) is 44.0 Å². The normalized spacial score (nSPS) is 21.0. The van der Waals surface area contributed by atoms with Crippen LogP contribution < -0.4 is 10.2 Å². The summed E-state index contributed by atoms with van der Waals surface area (Å²) in [6, 6.07) is 4.77. The number of hydrogen-bond donors (Lipinski definition) is 1. The highest BCUT2D eigenvalue weighted by Gasteiger charge is 2.26. The minimum absolute atomic E-state index is 0.119. The number of likely N-dealkylation sites (N-methyl/N-ethyl adjacent to an activating group) is 1. The van der Waals surface area contributed by atoms with E-state index in [-0.39, 0.29) is 23.7 Å². The van der Waals surface area contributed by atoms with Gasteiger partial charge in [-0.05, 0) is 45.0 Å². The lowest BCUT2D eigenvalue weighted by Crippen LogP contribution is -2.45. The fourth-order valence-electron chi connectivity index (χ4n) is 3.80. The molecular weight excluding hydrogens is 305 g/mol. The Morgan fingerprint density at radius 2 is 1.88 bits per heavy atom. The number of nitrogens with one attached hydrogen (secondary N) is 1. The zero-order valence-electron chi connectivity index (χ0n) is 14.7. The number of halogens is 1. The summed E-state index contributed by atoms with van der Waals surface area (Å²) in [5.41, 5.74) is 1.93. The average Bonchev–Trinajstić information content (AvgIpc) is 3.10. The minimum atomic E-state index is -0.246. The summed E-state index contributed by atoms with van der Waals surface area (Å²) in [6.45, 7) is 5.82. The Labute approximate surface area is 144 Å². The molecule has 2 aliphatic rings. The highest BCUT2D eigenvalue weighted by molar-refractivity contribution is 5.79. The topological polar surface area (TPSA) is 35.6 Å². The number of benzene rings is 1. The Balaban J connectivity index is 1.75. The van der Waals surface area contributed by atoms with Crippen molar-refractivity contribution >= 4 is 11.6 Å². The lowest BCUT2D eigenvalue weighted by Gasteiger charge is -2.36. The number of carbonyl (C=O) groups is 1. The first-order valence-electron chi connectivity index (χ1n) is 9.08. The molecule has 0 spiro atoms. The number of carbonyl (C=O) groups excluding carboxylic acids is 1. The maximum Gasteiger partial charge on any atom is 0.223 e. The van der Waals surface area contributed by atoms with Gasteiger partial charge in [0.15, 0.2) is 0 Å². The molecule has 0 radical (unpaired) electrons. The van der Waals surface area contributed by atoms with Crippen molar-refractivity contribution in [2.24, 2.45) is 5.92 Å². The van der Waals surface area contributed by atoms with Crippen molar-refractivity contribution in [3.63, 3.8) is 0 Å². The Hall–Kier alpha value is -1.62. The number of piperazine rings is 1. The standard InChI is InChI=1S/C19H28FN3O/c1-14(21-19(24)15-5-3-4-6-15)17-13-16(20)7-8-18(17)23-11-9-22(2)10-12-23/h7-8,13-15H,3-6,9-12H2,1-2H3,(H,21,24). The van der Waals surface area contributed by atoms with E-state index in [1.165, 1.54) is 6.07 Å². The smallest absolute Gasteiger partial charge is 0.223 e. The lowest BCUT2D eigenvalue weighted by atomic mass is 10.0. The molecule has 3 rings (SSSR count). The molecule has 1 aliphatic carbocycles. The molecule has 4 nitrogen and oxygen atoms in total. The molecule has 1 unspecified atom stereocenters. The van der Waals surface area contributed by atoms with Gasteiger partial charge in [0, 0.05) is 43.3 Å². The van der Waals surface area contributed by atoms with E-state index >= 15 is 0 Å². The second-order valence-corrected chi connectivity index (χ2v) is 7.21. The molecule has 1 saturated heterocycles. The van der Waals surface area contributed by atoms with Crippen LogP contribution in [0.3, 0.4) is 0 Å². The maximum atomic E-state index is 13.8. The zero-order valence-corrected chi connectivity index (χ0v) is 14.7. The van der Waals surface area contributed by atoms with Crippen LogP contribution in [0.5, 0.6) is 0 Å². The first-order valence-corrected chi connectivity index (χ1v) is 9.08. The molecule has 1 amide bonds. The largest absolute Gasteiger partial charge is 0.369 e. The fourth-order valence-corrected chi connectivity index (χ4v) is 3.80. The molecule has 1 heterocycles. The van der Waals surface area contributed by atoms with Crippen LogP contribution >= 0.6 is 0 Å². The Morgan fingerprint density at radius 1 is 1.21 bits per heavy atom. The highest BCUT2D eigenvalue weighted by Crippen LogP contribution is 2.30. The van der Waals surface area contributed by atoms with Gasteiger partial charge in [0.05, 0.1) is 6.04 Å². The van der Waals surface area contributed by atoms with Gasteiger partial charge < -0.3 is 15.1 Å². The fraction of sp³-hybridized carbons (Fsp3) is 0.632. The Bertz CT molecular complexity index is 578. The molecule has 5 heteroatoms. The van der Waals surface area contributed by atoms with E-state index < -0.39 is 0 Å². The molecule has 0 aromatic heterocycles. The minimum Gasteiger partial charge on any atom is -0.369 e. The second kappa shape index (κ2) is 7.51. The molecule has 0 bridgehead atoms. The summed E-state index contributed by atoms with van der Waals surface area (Å²) in [5, 5.41) is 3.11. The van der Waals surface area contributed by atoms with E-state index in [0.717, 1.165) is 63.1 Å². The molecule has 1 aromatic rings. The average molecular weight is 333 g/mol. The predicted octanol–water partition coefficient (Wildman–Crippen LogP) is 2.94. The second-order valence-electron chi connectivity index (χ2n) is 7.21. The van der Waals surface area contributed by atoms with E-state index in [1.807, 2.05) is 13.0 Å². The van der Waals surface area contributed by atoms with Crippen LogP contribution in [0.25, 0.3) is 0 Å². The van der Waals surface area contributed by atoms with Crippen molar-refractivity contribution in [1.82, 2.24) is 10.2 Å². The molecule has 1 aromatic carbocycles. The maximum absolute atomic E-state index is 13.8. The first kappa shape index (κ1) is 17.2. The number of amides is 1. The number of hydrogen-bond acceptors (Lipinski definition) is 3. The van der Waals surface area contributed by atoms with Gasteiger partial charge in [0.1, 0.15) is 5.82 Å². The molecule has 1 N–H and O–H groups in total. The van der Waals surface area contributed by atoms with E-state index in [9.17, 15) is 9.18 Å². The van der Waals surface area contributed by atoms with E-state index in [2.05, 4.69) is 22.2 Å². The third-order valence-corrected chi connectivity index (χ3v) is 5.38. The molecule has 1 aliphatic heterocycles. The summed E-state index contributed by atoms with van der Waals surface area (Å²) in [5.74, 6) is 0.00604.